The quantitative estimate of drug-likeness (QED) is 0.870. The van der Waals surface area contributed by atoms with Gasteiger partial charge in [0.25, 0.3) is 0 Å². The van der Waals surface area contributed by atoms with Crippen LogP contribution in [0.25, 0.3) is 0 Å². The smallest absolute Gasteiger partial charge is 0.228 e. The maximum Gasteiger partial charge on any atom is 0.228 e. The maximum absolute atomic E-state index is 12.3. The highest BCUT2D eigenvalue weighted by molar-refractivity contribution is 5.78. The first-order chi connectivity index (χ1) is 10.6. The Morgan fingerprint density at radius 1 is 1.32 bits per heavy atom. The molecule has 1 aliphatic rings. The highest BCUT2D eigenvalue weighted by Crippen LogP contribution is 2.19. The molecule has 2 heterocycles. The number of hydrogen-bond acceptors (Lipinski definition) is 4. The van der Waals surface area contributed by atoms with E-state index in [4.69, 9.17) is 5.73 Å². The van der Waals surface area contributed by atoms with Crippen LogP contribution < -0.4 is 5.73 Å². The summed E-state index contributed by atoms with van der Waals surface area (Å²) >= 11 is 0. The molecule has 1 saturated heterocycles. The zero-order valence-corrected chi connectivity index (χ0v) is 13.8. The summed E-state index contributed by atoms with van der Waals surface area (Å²) in [7, 11) is 0. The summed E-state index contributed by atoms with van der Waals surface area (Å²) in [6, 6.07) is 3.63. The Labute approximate surface area is 133 Å². The minimum absolute atomic E-state index is 0.179. The van der Waals surface area contributed by atoms with Crippen molar-refractivity contribution in [1.29, 1.82) is 0 Å². The van der Waals surface area contributed by atoms with Crippen LogP contribution in [0.2, 0.25) is 0 Å². The van der Waals surface area contributed by atoms with Crippen LogP contribution in [-0.4, -0.2) is 53.4 Å². The molecule has 1 aromatic heterocycles. The average Bonchev–Trinajstić information content (AvgIpc) is 2.55. The standard InChI is InChI=1S/C17H28N4O/c1-3-20(4-2)13-14-7-9-21(10-8-14)17(22)11-16-6-5-15(18)12-19-16/h5-6,12,14H,3-4,7-11,13,18H2,1-2H3. The van der Waals surface area contributed by atoms with Gasteiger partial charge < -0.3 is 15.5 Å². The van der Waals surface area contributed by atoms with Gasteiger partial charge in [-0.1, -0.05) is 13.8 Å². The second kappa shape index (κ2) is 8.13. The Balaban J connectivity index is 1.78. The zero-order chi connectivity index (χ0) is 15.9. The van der Waals surface area contributed by atoms with Gasteiger partial charge in [0.05, 0.1) is 18.3 Å². The molecule has 1 fully saturated rings. The van der Waals surface area contributed by atoms with Crippen molar-refractivity contribution in [2.24, 2.45) is 5.92 Å². The number of likely N-dealkylation sites (tertiary alicyclic amines) is 1. The molecule has 0 aliphatic carbocycles. The summed E-state index contributed by atoms with van der Waals surface area (Å²) < 4.78 is 0. The van der Waals surface area contributed by atoms with E-state index in [1.807, 2.05) is 11.0 Å². The van der Waals surface area contributed by atoms with E-state index in [0.717, 1.165) is 57.2 Å². The second-order valence-electron chi connectivity index (χ2n) is 6.07. The van der Waals surface area contributed by atoms with Crippen LogP contribution in [0.3, 0.4) is 0 Å². The van der Waals surface area contributed by atoms with Crippen LogP contribution in [-0.2, 0) is 11.2 Å². The first-order valence-corrected chi connectivity index (χ1v) is 8.32. The molecule has 22 heavy (non-hydrogen) atoms. The number of nitrogens with two attached hydrogens (primary N) is 1. The van der Waals surface area contributed by atoms with E-state index in [9.17, 15) is 4.79 Å². The lowest BCUT2D eigenvalue weighted by atomic mass is 9.96. The van der Waals surface area contributed by atoms with Crippen LogP contribution in [0.5, 0.6) is 0 Å². The van der Waals surface area contributed by atoms with Crippen molar-refractivity contribution in [2.45, 2.75) is 33.1 Å². The largest absolute Gasteiger partial charge is 0.397 e. The Morgan fingerprint density at radius 2 is 2.00 bits per heavy atom. The molecule has 0 unspecified atom stereocenters. The number of anilines is 1. The topological polar surface area (TPSA) is 62.5 Å². The lowest BCUT2D eigenvalue weighted by molar-refractivity contribution is -0.132. The summed E-state index contributed by atoms with van der Waals surface area (Å²) in [6.07, 6.45) is 4.20. The monoisotopic (exact) mass is 304 g/mol. The summed E-state index contributed by atoms with van der Waals surface area (Å²) in [6.45, 7) is 9.55. The van der Waals surface area contributed by atoms with Crippen molar-refractivity contribution < 1.29 is 4.79 Å². The van der Waals surface area contributed by atoms with Gasteiger partial charge in [-0.2, -0.15) is 0 Å². The second-order valence-corrected chi connectivity index (χ2v) is 6.07. The van der Waals surface area contributed by atoms with Crippen LogP contribution in [0.4, 0.5) is 5.69 Å². The number of nitrogens with zero attached hydrogens (tertiary/aromatic N) is 3. The fourth-order valence-electron chi connectivity index (χ4n) is 3.02. The number of hydrogen-bond donors (Lipinski definition) is 1. The molecular formula is C17H28N4O. The van der Waals surface area contributed by atoms with Gasteiger partial charge in [-0.3, -0.25) is 9.78 Å². The highest BCUT2D eigenvalue weighted by Gasteiger charge is 2.23. The number of amides is 1. The molecule has 0 bridgehead atoms. The van der Waals surface area contributed by atoms with Gasteiger partial charge >= 0.3 is 0 Å². The third kappa shape index (κ3) is 4.70. The molecule has 5 nitrogen and oxygen atoms in total. The number of carbonyl (C=O) groups excluding carboxylic acids is 1. The molecule has 0 atom stereocenters. The molecule has 0 radical (unpaired) electrons. The Hall–Kier alpha value is -1.62. The summed E-state index contributed by atoms with van der Waals surface area (Å²) in [5, 5.41) is 0. The minimum atomic E-state index is 0.179. The molecule has 1 aromatic rings. The van der Waals surface area contributed by atoms with Crippen molar-refractivity contribution >= 4 is 11.6 Å². The van der Waals surface area contributed by atoms with Gasteiger partial charge in [0, 0.05) is 25.3 Å². The number of nitrogen functional groups attached to an aromatic ring is 1. The van der Waals surface area contributed by atoms with Gasteiger partial charge in [0.1, 0.15) is 0 Å². The average molecular weight is 304 g/mol. The van der Waals surface area contributed by atoms with E-state index in [0.29, 0.717) is 12.1 Å². The highest BCUT2D eigenvalue weighted by atomic mass is 16.2. The van der Waals surface area contributed by atoms with Gasteiger partial charge in [-0.05, 0) is 44.0 Å². The third-order valence-electron chi connectivity index (χ3n) is 4.56. The molecule has 122 valence electrons. The molecule has 1 aliphatic heterocycles. The van der Waals surface area contributed by atoms with Crippen LogP contribution in [0.1, 0.15) is 32.4 Å². The predicted molar refractivity (Wildman–Crippen MR) is 89.4 cm³/mol. The number of carbonyl (C=O) groups is 1. The van der Waals surface area contributed by atoms with E-state index in [-0.39, 0.29) is 5.91 Å². The molecule has 2 N–H and O–H groups in total. The van der Waals surface area contributed by atoms with Crippen molar-refractivity contribution in [1.82, 2.24) is 14.8 Å². The number of piperidine rings is 1. The van der Waals surface area contributed by atoms with E-state index >= 15 is 0 Å². The lowest BCUT2D eigenvalue weighted by Crippen LogP contribution is -2.42. The SMILES string of the molecule is CCN(CC)CC1CCN(C(=O)Cc2ccc(N)cn2)CC1. The number of aromatic nitrogens is 1. The Morgan fingerprint density at radius 3 is 2.55 bits per heavy atom. The molecular weight excluding hydrogens is 276 g/mol. The van der Waals surface area contributed by atoms with Crippen molar-refractivity contribution in [2.75, 3.05) is 38.5 Å². The van der Waals surface area contributed by atoms with Crippen LogP contribution >= 0.6 is 0 Å². The summed E-state index contributed by atoms with van der Waals surface area (Å²) in [5.74, 6) is 0.900. The molecule has 5 heteroatoms. The normalized spacial score (nSPS) is 16.2. The summed E-state index contributed by atoms with van der Waals surface area (Å²) in [4.78, 5) is 21.0. The van der Waals surface area contributed by atoms with Crippen LogP contribution in [0, 0.1) is 5.92 Å². The van der Waals surface area contributed by atoms with E-state index in [1.54, 1.807) is 12.3 Å². The predicted octanol–water partition coefficient (Wildman–Crippen LogP) is 1.79. The Kier molecular flexibility index (Phi) is 6.19. The van der Waals surface area contributed by atoms with Crippen molar-refractivity contribution in [3.8, 4) is 0 Å². The fraction of sp³-hybridized carbons (Fsp3) is 0.647. The van der Waals surface area contributed by atoms with Gasteiger partial charge in [0.15, 0.2) is 0 Å². The first kappa shape index (κ1) is 16.7. The van der Waals surface area contributed by atoms with E-state index in [2.05, 4.69) is 23.7 Å². The minimum Gasteiger partial charge on any atom is -0.397 e. The Bertz CT molecular complexity index is 462. The maximum atomic E-state index is 12.3. The van der Waals surface area contributed by atoms with Crippen molar-refractivity contribution in [3.05, 3.63) is 24.0 Å². The molecule has 2 rings (SSSR count). The zero-order valence-electron chi connectivity index (χ0n) is 13.8. The van der Waals surface area contributed by atoms with E-state index < -0.39 is 0 Å². The molecule has 1 amide bonds. The number of pyridine rings is 1. The molecule has 0 aromatic carbocycles. The van der Waals surface area contributed by atoms with Gasteiger partial charge in [-0.25, -0.2) is 0 Å². The van der Waals surface area contributed by atoms with Gasteiger partial charge in [0.2, 0.25) is 5.91 Å². The van der Waals surface area contributed by atoms with Crippen molar-refractivity contribution in [3.63, 3.8) is 0 Å². The fourth-order valence-corrected chi connectivity index (χ4v) is 3.02. The molecule has 0 spiro atoms. The third-order valence-corrected chi connectivity index (χ3v) is 4.56. The first-order valence-electron chi connectivity index (χ1n) is 8.32. The lowest BCUT2D eigenvalue weighted by Gasteiger charge is -2.34. The summed E-state index contributed by atoms with van der Waals surface area (Å²) in [5.41, 5.74) is 7.04. The van der Waals surface area contributed by atoms with Crippen LogP contribution in [0.15, 0.2) is 18.3 Å². The van der Waals surface area contributed by atoms with Gasteiger partial charge in [-0.15, -0.1) is 0 Å². The molecule has 0 saturated carbocycles. The number of rotatable bonds is 6. The van der Waals surface area contributed by atoms with E-state index in [1.165, 1.54) is 0 Å².